The third kappa shape index (κ3) is 3.66. The lowest BCUT2D eigenvalue weighted by Gasteiger charge is -2.10. The van der Waals surface area contributed by atoms with E-state index >= 15 is 0 Å². The van der Waals surface area contributed by atoms with Crippen molar-refractivity contribution in [3.63, 3.8) is 0 Å². The lowest BCUT2D eigenvalue weighted by atomic mass is 10.1. The Bertz CT molecular complexity index is 428. The molecule has 18 heavy (non-hydrogen) atoms. The number of hydrogen-bond donors (Lipinski definition) is 2. The molecule has 0 aromatic heterocycles. The molecule has 0 spiro atoms. The van der Waals surface area contributed by atoms with Crippen LogP contribution in [-0.2, 0) is 5.75 Å². The average molecular weight is 283 g/mol. The van der Waals surface area contributed by atoms with Gasteiger partial charge in [-0.1, -0.05) is 36.6 Å². The SMILES string of the molecule is N=C(N)c1ccc(CSCC2CCCC2)c(Cl)c1. The summed E-state index contributed by atoms with van der Waals surface area (Å²) in [6.07, 6.45) is 5.59. The normalized spacial score (nSPS) is 16.1. The Labute approximate surface area is 118 Å². The molecule has 0 saturated heterocycles. The van der Waals surface area contributed by atoms with E-state index in [0.717, 1.165) is 22.3 Å². The number of nitrogens with one attached hydrogen (secondary N) is 1. The van der Waals surface area contributed by atoms with Crippen molar-refractivity contribution in [1.29, 1.82) is 5.41 Å². The Balaban J connectivity index is 1.87. The molecule has 0 radical (unpaired) electrons. The van der Waals surface area contributed by atoms with Crippen molar-refractivity contribution in [3.05, 3.63) is 34.3 Å². The van der Waals surface area contributed by atoms with E-state index in [4.69, 9.17) is 22.7 Å². The van der Waals surface area contributed by atoms with Crippen molar-refractivity contribution < 1.29 is 0 Å². The van der Waals surface area contributed by atoms with Crippen LogP contribution in [0.3, 0.4) is 0 Å². The number of nitrogens with two attached hydrogens (primary N) is 1. The summed E-state index contributed by atoms with van der Waals surface area (Å²) >= 11 is 8.17. The molecule has 1 aliphatic carbocycles. The molecule has 0 atom stereocenters. The van der Waals surface area contributed by atoms with Crippen molar-refractivity contribution in [2.45, 2.75) is 31.4 Å². The largest absolute Gasteiger partial charge is 0.384 e. The minimum atomic E-state index is 0.0714. The van der Waals surface area contributed by atoms with Crippen LogP contribution in [-0.4, -0.2) is 11.6 Å². The first-order valence-electron chi connectivity index (χ1n) is 6.37. The van der Waals surface area contributed by atoms with Gasteiger partial charge in [0.2, 0.25) is 0 Å². The molecular formula is C14H19ClN2S. The van der Waals surface area contributed by atoms with Gasteiger partial charge in [-0.2, -0.15) is 11.8 Å². The van der Waals surface area contributed by atoms with E-state index in [-0.39, 0.29) is 5.84 Å². The van der Waals surface area contributed by atoms with E-state index in [0.29, 0.717) is 5.56 Å². The summed E-state index contributed by atoms with van der Waals surface area (Å²) in [5.41, 5.74) is 7.28. The molecule has 2 nitrogen and oxygen atoms in total. The van der Waals surface area contributed by atoms with Crippen LogP contribution in [0.15, 0.2) is 18.2 Å². The molecule has 0 unspecified atom stereocenters. The zero-order chi connectivity index (χ0) is 13.0. The summed E-state index contributed by atoms with van der Waals surface area (Å²) in [4.78, 5) is 0. The highest BCUT2D eigenvalue weighted by Crippen LogP contribution is 2.30. The minimum absolute atomic E-state index is 0.0714. The maximum atomic E-state index is 7.37. The molecule has 4 heteroatoms. The molecule has 0 aliphatic heterocycles. The van der Waals surface area contributed by atoms with Gasteiger partial charge in [0, 0.05) is 16.3 Å². The Hall–Kier alpha value is -0.670. The summed E-state index contributed by atoms with van der Waals surface area (Å²) in [6.45, 7) is 0. The third-order valence-electron chi connectivity index (χ3n) is 3.45. The fourth-order valence-electron chi connectivity index (χ4n) is 2.34. The van der Waals surface area contributed by atoms with E-state index < -0.39 is 0 Å². The van der Waals surface area contributed by atoms with Crippen molar-refractivity contribution in [1.82, 2.24) is 0 Å². The van der Waals surface area contributed by atoms with Crippen LogP contribution < -0.4 is 5.73 Å². The highest BCUT2D eigenvalue weighted by Gasteiger charge is 2.14. The Morgan fingerprint density at radius 1 is 1.39 bits per heavy atom. The maximum Gasteiger partial charge on any atom is 0.122 e. The van der Waals surface area contributed by atoms with E-state index in [9.17, 15) is 0 Å². The summed E-state index contributed by atoms with van der Waals surface area (Å²) in [5.74, 6) is 3.17. The van der Waals surface area contributed by atoms with Crippen molar-refractivity contribution in [2.75, 3.05) is 5.75 Å². The monoisotopic (exact) mass is 282 g/mol. The molecule has 1 fully saturated rings. The molecule has 1 aromatic rings. The second-order valence-electron chi connectivity index (χ2n) is 4.89. The van der Waals surface area contributed by atoms with E-state index in [2.05, 4.69) is 0 Å². The van der Waals surface area contributed by atoms with Gasteiger partial charge < -0.3 is 5.73 Å². The fraction of sp³-hybridized carbons (Fsp3) is 0.500. The number of nitrogen functional groups attached to an aromatic ring is 1. The first-order chi connectivity index (χ1) is 8.66. The van der Waals surface area contributed by atoms with Gasteiger partial charge in [-0.15, -0.1) is 0 Å². The summed E-state index contributed by atoms with van der Waals surface area (Å²) in [6, 6.07) is 5.65. The van der Waals surface area contributed by atoms with Gasteiger partial charge >= 0.3 is 0 Å². The smallest absolute Gasteiger partial charge is 0.122 e. The van der Waals surface area contributed by atoms with Crippen molar-refractivity contribution >= 4 is 29.2 Å². The van der Waals surface area contributed by atoms with Gasteiger partial charge in [-0.05, 0) is 36.1 Å². The Kier molecular flexibility index (Phi) is 4.95. The standard InChI is InChI=1S/C14H19ClN2S/c15-13-7-11(14(16)17)5-6-12(13)9-18-8-10-3-1-2-4-10/h5-7,10H,1-4,8-9H2,(H3,16,17). The minimum Gasteiger partial charge on any atom is -0.384 e. The molecule has 0 heterocycles. The third-order valence-corrected chi connectivity index (χ3v) is 5.02. The molecule has 1 saturated carbocycles. The lowest BCUT2D eigenvalue weighted by molar-refractivity contribution is 0.623. The van der Waals surface area contributed by atoms with Crippen LogP contribution in [0.4, 0.5) is 0 Å². The van der Waals surface area contributed by atoms with Crippen LogP contribution in [0.25, 0.3) is 0 Å². The highest BCUT2D eigenvalue weighted by atomic mass is 35.5. The summed E-state index contributed by atoms with van der Waals surface area (Å²) in [7, 11) is 0. The van der Waals surface area contributed by atoms with Gasteiger partial charge in [-0.3, -0.25) is 5.41 Å². The van der Waals surface area contributed by atoms with Gasteiger partial charge in [0.1, 0.15) is 5.84 Å². The molecule has 1 aliphatic rings. The molecule has 1 aromatic carbocycles. The van der Waals surface area contributed by atoms with Gasteiger partial charge in [0.05, 0.1) is 0 Å². The molecular weight excluding hydrogens is 264 g/mol. The molecule has 0 amide bonds. The number of rotatable bonds is 5. The van der Waals surface area contributed by atoms with Crippen LogP contribution in [0.2, 0.25) is 5.02 Å². The van der Waals surface area contributed by atoms with Crippen LogP contribution in [0.5, 0.6) is 0 Å². The van der Waals surface area contributed by atoms with E-state index in [1.54, 1.807) is 6.07 Å². The number of thioether (sulfide) groups is 1. The Morgan fingerprint density at radius 2 is 2.11 bits per heavy atom. The maximum absolute atomic E-state index is 7.37. The number of amidine groups is 1. The van der Waals surface area contributed by atoms with E-state index in [1.807, 2.05) is 23.9 Å². The van der Waals surface area contributed by atoms with Crippen molar-refractivity contribution in [2.24, 2.45) is 11.7 Å². The van der Waals surface area contributed by atoms with Crippen LogP contribution in [0.1, 0.15) is 36.8 Å². The van der Waals surface area contributed by atoms with Crippen LogP contribution in [0, 0.1) is 11.3 Å². The molecule has 2 rings (SSSR count). The fourth-order valence-corrected chi connectivity index (χ4v) is 3.93. The Morgan fingerprint density at radius 3 is 2.72 bits per heavy atom. The second kappa shape index (κ2) is 6.48. The first kappa shape index (κ1) is 13.8. The van der Waals surface area contributed by atoms with Gasteiger partial charge in [-0.25, -0.2) is 0 Å². The van der Waals surface area contributed by atoms with E-state index in [1.165, 1.54) is 31.4 Å². The summed E-state index contributed by atoms with van der Waals surface area (Å²) < 4.78 is 0. The number of halogens is 1. The van der Waals surface area contributed by atoms with Crippen LogP contribution >= 0.6 is 23.4 Å². The predicted octanol–water partition coefficient (Wildman–Crippen LogP) is 4.05. The topological polar surface area (TPSA) is 49.9 Å². The van der Waals surface area contributed by atoms with Gasteiger partial charge in [0.15, 0.2) is 0 Å². The second-order valence-corrected chi connectivity index (χ2v) is 6.32. The van der Waals surface area contributed by atoms with Crippen molar-refractivity contribution in [3.8, 4) is 0 Å². The number of benzene rings is 1. The zero-order valence-corrected chi connectivity index (χ0v) is 12.0. The predicted molar refractivity (Wildman–Crippen MR) is 80.6 cm³/mol. The summed E-state index contributed by atoms with van der Waals surface area (Å²) in [5, 5.41) is 8.09. The quantitative estimate of drug-likeness (QED) is 0.632. The molecule has 3 N–H and O–H groups in total. The molecule has 98 valence electrons. The first-order valence-corrected chi connectivity index (χ1v) is 7.90. The number of hydrogen-bond acceptors (Lipinski definition) is 2. The highest BCUT2D eigenvalue weighted by molar-refractivity contribution is 7.98. The van der Waals surface area contributed by atoms with Gasteiger partial charge in [0.25, 0.3) is 0 Å². The lowest BCUT2D eigenvalue weighted by Crippen LogP contribution is -2.10. The zero-order valence-electron chi connectivity index (χ0n) is 10.4. The average Bonchev–Trinajstić information content (AvgIpc) is 2.84. The molecule has 0 bridgehead atoms.